The van der Waals surface area contributed by atoms with E-state index in [1.807, 2.05) is 60.7 Å². The van der Waals surface area contributed by atoms with Crippen LogP contribution < -0.4 is 5.32 Å². The summed E-state index contributed by atoms with van der Waals surface area (Å²) < 4.78 is 10.1. The molecule has 2 rings (SSSR count). The summed E-state index contributed by atoms with van der Waals surface area (Å²) in [6, 6.07) is 18.8. The van der Waals surface area contributed by atoms with Gasteiger partial charge >= 0.3 is 12.1 Å². The van der Waals surface area contributed by atoms with Crippen LogP contribution in [0, 0.1) is 0 Å². The van der Waals surface area contributed by atoms with Crippen molar-refractivity contribution in [2.24, 2.45) is 0 Å². The molecular weight excluding hydrogens is 330 g/mol. The van der Waals surface area contributed by atoms with Gasteiger partial charge in [-0.2, -0.15) is 0 Å². The van der Waals surface area contributed by atoms with Gasteiger partial charge in [0.1, 0.15) is 6.61 Å². The standard InChI is InChI=1S/C21H21NO4/c1-2-25-20(23)14-13-19(15-17-9-5-3-6-10-17)22-21(24)26-16-18-11-7-4-8-12-18/h3-15H,2,16H2,1H3,(H,22,24)/b14-13+,19-15-. The van der Waals surface area contributed by atoms with Gasteiger partial charge in [-0.1, -0.05) is 60.7 Å². The number of nitrogens with one attached hydrogen (secondary N) is 1. The van der Waals surface area contributed by atoms with Gasteiger partial charge in [0.15, 0.2) is 0 Å². The zero-order valence-corrected chi connectivity index (χ0v) is 14.6. The minimum Gasteiger partial charge on any atom is -0.463 e. The number of hydrogen-bond acceptors (Lipinski definition) is 4. The highest BCUT2D eigenvalue weighted by Crippen LogP contribution is 2.07. The first kappa shape index (κ1) is 19.0. The number of ether oxygens (including phenoxy) is 2. The Balaban J connectivity index is 2.04. The summed E-state index contributed by atoms with van der Waals surface area (Å²) in [6.45, 7) is 2.17. The van der Waals surface area contributed by atoms with Gasteiger partial charge in [-0.05, 0) is 30.2 Å². The van der Waals surface area contributed by atoms with Crippen molar-refractivity contribution in [3.05, 3.63) is 89.6 Å². The molecule has 0 saturated heterocycles. The molecule has 0 aromatic heterocycles. The van der Waals surface area contributed by atoms with Gasteiger partial charge in [-0.15, -0.1) is 0 Å². The van der Waals surface area contributed by atoms with Crippen LogP contribution in [0.3, 0.4) is 0 Å². The normalized spacial score (nSPS) is 11.2. The maximum Gasteiger partial charge on any atom is 0.411 e. The number of carbonyl (C=O) groups is 2. The molecule has 0 aliphatic heterocycles. The van der Waals surface area contributed by atoms with Crippen LogP contribution in [-0.4, -0.2) is 18.7 Å². The highest BCUT2D eigenvalue weighted by molar-refractivity contribution is 5.83. The van der Waals surface area contributed by atoms with Gasteiger partial charge in [0.2, 0.25) is 0 Å². The second kappa shape index (κ2) is 10.5. The average molecular weight is 351 g/mol. The molecule has 1 N–H and O–H groups in total. The Morgan fingerprint density at radius 1 is 0.923 bits per heavy atom. The molecule has 0 aliphatic carbocycles. The van der Waals surface area contributed by atoms with E-state index in [1.165, 1.54) is 12.2 Å². The molecule has 2 aromatic carbocycles. The van der Waals surface area contributed by atoms with Crippen LogP contribution in [0.15, 0.2) is 78.5 Å². The summed E-state index contributed by atoms with van der Waals surface area (Å²) in [4.78, 5) is 23.6. The van der Waals surface area contributed by atoms with Crippen LogP contribution in [-0.2, 0) is 20.9 Å². The summed E-state index contributed by atoms with van der Waals surface area (Å²) in [5.41, 5.74) is 2.18. The molecule has 5 nitrogen and oxygen atoms in total. The number of amides is 1. The van der Waals surface area contributed by atoms with E-state index < -0.39 is 12.1 Å². The highest BCUT2D eigenvalue weighted by atomic mass is 16.5. The summed E-state index contributed by atoms with van der Waals surface area (Å²) in [5, 5.41) is 2.64. The predicted octanol–water partition coefficient (Wildman–Crippen LogP) is 4.07. The zero-order valence-electron chi connectivity index (χ0n) is 14.6. The molecule has 0 fully saturated rings. The minimum atomic E-state index is -0.607. The first-order chi connectivity index (χ1) is 12.7. The summed E-state index contributed by atoms with van der Waals surface area (Å²) in [6.07, 6.45) is 3.87. The number of allylic oxidation sites excluding steroid dienone is 1. The van der Waals surface area contributed by atoms with E-state index >= 15 is 0 Å². The topological polar surface area (TPSA) is 64.6 Å². The molecule has 26 heavy (non-hydrogen) atoms. The first-order valence-corrected chi connectivity index (χ1v) is 8.26. The van der Waals surface area contributed by atoms with Gasteiger partial charge < -0.3 is 9.47 Å². The molecule has 0 bridgehead atoms. The lowest BCUT2D eigenvalue weighted by molar-refractivity contribution is -0.137. The van der Waals surface area contributed by atoms with Crippen molar-refractivity contribution in [2.75, 3.05) is 6.61 Å². The van der Waals surface area contributed by atoms with Crippen LogP contribution in [0.1, 0.15) is 18.1 Å². The van der Waals surface area contributed by atoms with E-state index in [1.54, 1.807) is 13.0 Å². The van der Waals surface area contributed by atoms with Crippen molar-refractivity contribution < 1.29 is 19.1 Å². The largest absolute Gasteiger partial charge is 0.463 e. The Kier molecular flexibility index (Phi) is 7.68. The van der Waals surface area contributed by atoms with Gasteiger partial charge in [0.05, 0.1) is 6.61 Å². The Bertz CT molecular complexity index is 767. The number of esters is 1. The Hall–Kier alpha value is -3.34. The third kappa shape index (κ3) is 7.05. The average Bonchev–Trinajstić information content (AvgIpc) is 2.66. The van der Waals surface area contributed by atoms with Crippen LogP contribution in [0.25, 0.3) is 6.08 Å². The number of benzene rings is 2. The van der Waals surface area contributed by atoms with Crippen LogP contribution >= 0.6 is 0 Å². The number of carbonyl (C=O) groups excluding carboxylic acids is 2. The van der Waals surface area contributed by atoms with Crippen molar-refractivity contribution in [1.82, 2.24) is 5.32 Å². The van der Waals surface area contributed by atoms with Crippen LogP contribution in [0.2, 0.25) is 0 Å². The van der Waals surface area contributed by atoms with Gasteiger partial charge in [0.25, 0.3) is 0 Å². The quantitative estimate of drug-likeness (QED) is 0.464. The van der Waals surface area contributed by atoms with E-state index in [4.69, 9.17) is 9.47 Å². The molecule has 1 amide bonds. The van der Waals surface area contributed by atoms with E-state index in [0.29, 0.717) is 5.70 Å². The second-order valence-corrected chi connectivity index (χ2v) is 5.28. The Morgan fingerprint density at radius 2 is 1.58 bits per heavy atom. The lowest BCUT2D eigenvalue weighted by atomic mass is 10.2. The third-order valence-electron chi connectivity index (χ3n) is 3.27. The predicted molar refractivity (Wildman–Crippen MR) is 100.0 cm³/mol. The van der Waals surface area contributed by atoms with E-state index in [2.05, 4.69) is 5.32 Å². The molecule has 2 aromatic rings. The fourth-order valence-electron chi connectivity index (χ4n) is 2.08. The monoisotopic (exact) mass is 351 g/mol. The number of rotatable bonds is 7. The molecule has 0 unspecified atom stereocenters. The van der Waals surface area contributed by atoms with E-state index in [9.17, 15) is 9.59 Å². The maximum atomic E-state index is 12.1. The van der Waals surface area contributed by atoms with Crippen molar-refractivity contribution in [3.8, 4) is 0 Å². The van der Waals surface area contributed by atoms with Gasteiger partial charge in [0, 0.05) is 11.8 Å². The van der Waals surface area contributed by atoms with Gasteiger partial charge in [-0.25, -0.2) is 9.59 Å². The summed E-state index contributed by atoms with van der Waals surface area (Å²) in [7, 11) is 0. The molecule has 0 saturated carbocycles. The lowest BCUT2D eigenvalue weighted by Crippen LogP contribution is -2.23. The number of hydrogen-bond donors (Lipinski definition) is 1. The van der Waals surface area contributed by atoms with Crippen molar-refractivity contribution in [2.45, 2.75) is 13.5 Å². The van der Waals surface area contributed by atoms with Crippen molar-refractivity contribution in [1.29, 1.82) is 0 Å². The third-order valence-corrected chi connectivity index (χ3v) is 3.27. The second-order valence-electron chi connectivity index (χ2n) is 5.28. The zero-order chi connectivity index (χ0) is 18.6. The van der Waals surface area contributed by atoms with Crippen molar-refractivity contribution in [3.63, 3.8) is 0 Å². The SMILES string of the molecule is CCOC(=O)/C=C/C(=C/c1ccccc1)NC(=O)OCc1ccccc1. The summed E-state index contributed by atoms with van der Waals surface area (Å²) >= 11 is 0. The fourth-order valence-corrected chi connectivity index (χ4v) is 2.08. The van der Waals surface area contributed by atoms with Crippen LogP contribution in [0.4, 0.5) is 4.79 Å². The fraction of sp³-hybridized carbons (Fsp3) is 0.143. The van der Waals surface area contributed by atoms with E-state index in [0.717, 1.165) is 11.1 Å². The Morgan fingerprint density at radius 3 is 2.23 bits per heavy atom. The maximum absolute atomic E-state index is 12.1. The Labute approximate surface area is 152 Å². The smallest absolute Gasteiger partial charge is 0.411 e. The highest BCUT2D eigenvalue weighted by Gasteiger charge is 2.05. The molecule has 0 atom stereocenters. The lowest BCUT2D eigenvalue weighted by Gasteiger charge is -2.08. The first-order valence-electron chi connectivity index (χ1n) is 8.26. The van der Waals surface area contributed by atoms with Gasteiger partial charge in [-0.3, -0.25) is 5.32 Å². The van der Waals surface area contributed by atoms with Crippen LogP contribution in [0.5, 0.6) is 0 Å². The molecule has 0 aliphatic rings. The summed E-state index contributed by atoms with van der Waals surface area (Å²) in [5.74, 6) is -0.481. The minimum absolute atomic E-state index is 0.160. The molecular formula is C21H21NO4. The van der Waals surface area contributed by atoms with E-state index in [-0.39, 0.29) is 13.2 Å². The molecule has 134 valence electrons. The van der Waals surface area contributed by atoms with Crippen molar-refractivity contribution >= 4 is 18.1 Å². The molecule has 5 heteroatoms. The number of alkyl carbamates (subject to hydrolysis) is 1. The molecule has 0 spiro atoms. The molecule has 0 radical (unpaired) electrons. The molecule has 0 heterocycles.